The number of halogens is 1. The van der Waals surface area contributed by atoms with Gasteiger partial charge in [0, 0.05) is 28.6 Å². The molecule has 1 saturated carbocycles. The molecule has 1 aliphatic heterocycles. The van der Waals surface area contributed by atoms with Gasteiger partial charge in [-0.3, -0.25) is 4.79 Å². The van der Waals surface area contributed by atoms with Crippen molar-refractivity contribution in [3.05, 3.63) is 57.6 Å². The van der Waals surface area contributed by atoms with Gasteiger partial charge < -0.3 is 29.7 Å². The molecule has 0 bridgehead atoms. The average molecular weight is 504 g/mol. The van der Waals surface area contributed by atoms with E-state index in [4.69, 9.17) is 25.8 Å². The zero-order valence-electron chi connectivity index (χ0n) is 20.8. The first kappa shape index (κ1) is 25.8. The van der Waals surface area contributed by atoms with Crippen LogP contribution in [0.15, 0.2) is 30.3 Å². The van der Waals surface area contributed by atoms with E-state index in [-0.39, 0.29) is 30.3 Å². The van der Waals surface area contributed by atoms with Crippen molar-refractivity contribution in [1.82, 2.24) is 5.32 Å². The third-order valence-corrected chi connectivity index (χ3v) is 7.29. The van der Waals surface area contributed by atoms with E-state index >= 15 is 0 Å². The van der Waals surface area contributed by atoms with Crippen LogP contribution in [0.5, 0.6) is 11.5 Å². The predicted molar refractivity (Wildman–Crippen MR) is 134 cm³/mol. The SMILES string of the molecule is COc1ccc(CC(C)(C)NC[C@@H](O)CO[C@H](C)c2ccc(C)c3c2[C@@H]2[C@H](O3)[C@H]2C(=O)O)c(Cl)c1. The number of carboxylic acid groups (broad SMARTS) is 1. The highest BCUT2D eigenvalue weighted by Crippen LogP contribution is 2.61. The van der Waals surface area contributed by atoms with Gasteiger partial charge in [0.05, 0.1) is 25.9 Å². The van der Waals surface area contributed by atoms with Crippen LogP contribution in [0.2, 0.25) is 5.02 Å². The molecular formula is C27H34ClNO6. The van der Waals surface area contributed by atoms with Crippen LogP contribution in [0.1, 0.15) is 55.0 Å². The summed E-state index contributed by atoms with van der Waals surface area (Å²) in [6, 6.07) is 9.59. The molecule has 8 heteroatoms. The Balaban J connectivity index is 1.31. The van der Waals surface area contributed by atoms with Gasteiger partial charge in [-0.25, -0.2) is 0 Å². The van der Waals surface area contributed by atoms with Crippen LogP contribution in [-0.2, 0) is 16.0 Å². The minimum atomic E-state index is -0.827. The Morgan fingerprint density at radius 2 is 2.03 bits per heavy atom. The normalized spacial score (nSPS) is 22.1. The third-order valence-electron chi connectivity index (χ3n) is 6.94. The minimum absolute atomic E-state index is 0.124. The molecule has 0 unspecified atom stereocenters. The van der Waals surface area contributed by atoms with Gasteiger partial charge in [-0.2, -0.15) is 0 Å². The van der Waals surface area contributed by atoms with Gasteiger partial charge in [-0.15, -0.1) is 0 Å². The van der Waals surface area contributed by atoms with Crippen molar-refractivity contribution < 1.29 is 29.2 Å². The second kappa shape index (κ2) is 9.97. The van der Waals surface area contributed by atoms with Crippen LogP contribution in [-0.4, -0.2) is 54.2 Å². The summed E-state index contributed by atoms with van der Waals surface area (Å²) in [4.78, 5) is 11.5. The molecule has 0 amide bonds. The van der Waals surface area contributed by atoms with Gasteiger partial charge in [0.15, 0.2) is 0 Å². The molecule has 0 saturated heterocycles. The zero-order chi connectivity index (χ0) is 25.5. The van der Waals surface area contributed by atoms with E-state index in [1.165, 1.54) is 0 Å². The Morgan fingerprint density at radius 1 is 1.29 bits per heavy atom. The molecule has 3 N–H and O–H groups in total. The summed E-state index contributed by atoms with van der Waals surface area (Å²) >= 11 is 6.39. The molecule has 0 spiro atoms. The highest BCUT2D eigenvalue weighted by molar-refractivity contribution is 6.31. The van der Waals surface area contributed by atoms with E-state index in [1.54, 1.807) is 13.2 Å². The molecule has 1 fully saturated rings. The van der Waals surface area contributed by atoms with Gasteiger partial charge in [-0.1, -0.05) is 29.8 Å². The summed E-state index contributed by atoms with van der Waals surface area (Å²) in [7, 11) is 1.61. The summed E-state index contributed by atoms with van der Waals surface area (Å²) in [5.74, 6) is 0.0538. The number of aliphatic hydroxyl groups is 1. The van der Waals surface area contributed by atoms with Gasteiger partial charge in [0.25, 0.3) is 0 Å². The summed E-state index contributed by atoms with van der Waals surface area (Å²) < 4.78 is 17.2. The standard InChI is InChI=1S/C27H34ClNO6/c1-14-6-9-19(21-22-23(26(31)32)25(22)35-24(14)21)15(2)34-13-17(30)12-29-27(3,4)11-16-7-8-18(33-5)10-20(16)28/h6-10,15,17,22-23,25,29-30H,11-13H2,1-5H3,(H,31,32)/t15-,17-,22+,23+,25+/m1/s1. The van der Waals surface area contributed by atoms with Crippen LogP contribution < -0.4 is 14.8 Å². The highest BCUT2D eigenvalue weighted by atomic mass is 35.5. The first-order valence-corrected chi connectivity index (χ1v) is 12.3. The fourth-order valence-corrected chi connectivity index (χ4v) is 5.15. The Hall–Kier alpha value is -2.32. The number of carboxylic acids is 1. The van der Waals surface area contributed by atoms with Gasteiger partial charge in [0.1, 0.15) is 23.5 Å². The minimum Gasteiger partial charge on any atom is -0.497 e. The molecule has 2 aliphatic rings. The second-order valence-corrected chi connectivity index (χ2v) is 10.6. The number of rotatable bonds is 11. The summed E-state index contributed by atoms with van der Waals surface area (Å²) in [6.07, 6.45) is -0.616. The van der Waals surface area contributed by atoms with Crippen molar-refractivity contribution in [2.24, 2.45) is 5.92 Å². The third kappa shape index (κ3) is 5.43. The summed E-state index contributed by atoms with van der Waals surface area (Å²) in [5.41, 5.74) is 3.57. The van der Waals surface area contributed by atoms with Crippen LogP contribution in [0, 0.1) is 12.8 Å². The highest BCUT2D eigenvalue weighted by Gasteiger charge is 2.64. The zero-order valence-corrected chi connectivity index (χ0v) is 21.6. The number of fused-ring (bicyclic) bond motifs is 3. The smallest absolute Gasteiger partial charge is 0.311 e. The Kier molecular flexibility index (Phi) is 7.34. The molecule has 35 heavy (non-hydrogen) atoms. The van der Waals surface area contributed by atoms with E-state index in [0.717, 1.165) is 28.0 Å². The molecule has 2 aromatic rings. The fourth-order valence-electron chi connectivity index (χ4n) is 4.92. The van der Waals surface area contributed by atoms with Crippen molar-refractivity contribution in [2.75, 3.05) is 20.3 Å². The van der Waals surface area contributed by atoms with Gasteiger partial charge in [-0.05, 0) is 62.9 Å². The van der Waals surface area contributed by atoms with Crippen LogP contribution >= 0.6 is 11.6 Å². The molecular weight excluding hydrogens is 470 g/mol. The van der Waals surface area contributed by atoms with Crippen molar-refractivity contribution in [1.29, 1.82) is 0 Å². The lowest BCUT2D eigenvalue weighted by Gasteiger charge is -2.29. The molecule has 1 heterocycles. The Labute approximate surface area is 211 Å². The molecule has 0 radical (unpaired) electrons. The molecule has 0 aromatic heterocycles. The van der Waals surface area contributed by atoms with E-state index in [2.05, 4.69) is 19.2 Å². The average Bonchev–Trinajstić information content (AvgIpc) is 3.39. The predicted octanol–water partition coefficient (Wildman–Crippen LogP) is 4.27. The Bertz CT molecular complexity index is 1100. The van der Waals surface area contributed by atoms with Crippen LogP contribution in [0.25, 0.3) is 0 Å². The van der Waals surface area contributed by atoms with Crippen molar-refractivity contribution in [3.8, 4) is 11.5 Å². The topological polar surface area (TPSA) is 97.3 Å². The number of methoxy groups -OCH3 is 1. The first-order chi connectivity index (χ1) is 16.5. The first-order valence-electron chi connectivity index (χ1n) is 11.9. The van der Waals surface area contributed by atoms with E-state index in [1.807, 2.05) is 38.1 Å². The quantitative estimate of drug-likeness (QED) is 0.421. The van der Waals surface area contributed by atoms with Crippen LogP contribution in [0.3, 0.4) is 0 Å². The maximum atomic E-state index is 11.5. The molecule has 2 aromatic carbocycles. The lowest BCUT2D eigenvalue weighted by Crippen LogP contribution is -2.46. The number of hydrogen-bond donors (Lipinski definition) is 3. The largest absolute Gasteiger partial charge is 0.497 e. The second-order valence-electron chi connectivity index (χ2n) is 10.2. The number of nitrogens with one attached hydrogen (secondary N) is 1. The number of aliphatic hydroxyl groups excluding tert-OH is 1. The number of aliphatic carboxylic acids is 1. The number of ether oxygens (including phenoxy) is 3. The van der Waals surface area contributed by atoms with E-state index in [9.17, 15) is 15.0 Å². The lowest BCUT2D eigenvalue weighted by atomic mass is 9.94. The molecule has 5 atom stereocenters. The fraction of sp³-hybridized carbons (Fsp3) is 0.519. The lowest BCUT2D eigenvalue weighted by molar-refractivity contribution is -0.139. The van der Waals surface area contributed by atoms with Crippen molar-refractivity contribution in [2.45, 2.75) is 63.9 Å². The van der Waals surface area contributed by atoms with Crippen molar-refractivity contribution in [3.63, 3.8) is 0 Å². The Morgan fingerprint density at radius 3 is 2.69 bits per heavy atom. The van der Waals surface area contributed by atoms with E-state index < -0.39 is 18.0 Å². The number of carbonyl (C=O) groups is 1. The maximum Gasteiger partial charge on any atom is 0.311 e. The van der Waals surface area contributed by atoms with E-state index in [0.29, 0.717) is 23.7 Å². The maximum absolute atomic E-state index is 11.5. The molecule has 190 valence electrons. The van der Waals surface area contributed by atoms with Gasteiger partial charge in [0.2, 0.25) is 0 Å². The van der Waals surface area contributed by atoms with Crippen LogP contribution in [0.4, 0.5) is 0 Å². The number of aryl methyl sites for hydroxylation is 1. The van der Waals surface area contributed by atoms with Gasteiger partial charge >= 0.3 is 5.97 Å². The summed E-state index contributed by atoms with van der Waals surface area (Å²) in [5, 5.41) is 24.1. The molecule has 1 aliphatic carbocycles. The number of β-amino-alcohol motifs (C(OH)–C–C–N with tert-alkyl or cyclic N) is 1. The molecule has 4 rings (SSSR count). The molecule has 7 nitrogen and oxygen atoms in total. The number of benzene rings is 2. The monoisotopic (exact) mass is 503 g/mol. The number of hydrogen-bond acceptors (Lipinski definition) is 6. The van der Waals surface area contributed by atoms with Crippen molar-refractivity contribution >= 4 is 17.6 Å². The summed E-state index contributed by atoms with van der Waals surface area (Å²) in [6.45, 7) is 8.51.